The summed E-state index contributed by atoms with van der Waals surface area (Å²) in [5.74, 6) is 0. The molecule has 0 fully saturated rings. The van der Waals surface area contributed by atoms with E-state index in [9.17, 15) is 5.11 Å². The van der Waals surface area contributed by atoms with Crippen LogP contribution in [0, 0.1) is 0 Å². The first-order valence-electron chi connectivity index (χ1n) is 7.84. The van der Waals surface area contributed by atoms with E-state index in [1.54, 1.807) is 0 Å². The summed E-state index contributed by atoms with van der Waals surface area (Å²) in [5, 5.41) is 10.1. The summed E-state index contributed by atoms with van der Waals surface area (Å²) in [6.07, 6.45) is 10.0. The minimum absolute atomic E-state index is 0.264. The highest BCUT2D eigenvalue weighted by molar-refractivity contribution is 5.50. The molecule has 2 aliphatic rings. The molecule has 4 rings (SSSR count). The molecule has 0 radical (unpaired) electrons. The Morgan fingerprint density at radius 1 is 1.00 bits per heavy atom. The maximum absolute atomic E-state index is 10.1. The zero-order valence-corrected chi connectivity index (χ0v) is 11.8. The van der Waals surface area contributed by atoms with Crippen LogP contribution in [0.2, 0.25) is 0 Å². The molecule has 1 atom stereocenters. The SMILES string of the molecule is OC1CCCc2c1ccn2-c1cccc2c1CCCC2. The summed E-state index contributed by atoms with van der Waals surface area (Å²) < 4.78 is 2.34. The fourth-order valence-electron chi connectivity index (χ4n) is 3.88. The Hall–Kier alpha value is -1.54. The third-order valence-corrected chi connectivity index (χ3v) is 4.91. The van der Waals surface area contributed by atoms with Crippen LogP contribution in [0.1, 0.15) is 54.2 Å². The normalized spacial score (nSPS) is 21.4. The van der Waals surface area contributed by atoms with Gasteiger partial charge in [-0.25, -0.2) is 0 Å². The number of aryl methyl sites for hydroxylation is 1. The first-order valence-corrected chi connectivity index (χ1v) is 7.84. The fourth-order valence-corrected chi connectivity index (χ4v) is 3.88. The second-order valence-corrected chi connectivity index (χ2v) is 6.12. The van der Waals surface area contributed by atoms with Crippen LogP contribution in [0.5, 0.6) is 0 Å². The minimum atomic E-state index is -0.264. The van der Waals surface area contributed by atoms with Gasteiger partial charge in [0.2, 0.25) is 0 Å². The highest BCUT2D eigenvalue weighted by atomic mass is 16.3. The van der Waals surface area contributed by atoms with Crippen molar-refractivity contribution in [3.8, 4) is 5.69 Å². The van der Waals surface area contributed by atoms with Crippen molar-refractivity contribution < 1.29 is 5.11 Å². The van der Waals surface area contributed by atoms with Gasteiger partial charge in [-0.15, -0.1) is 0 Å². The lowest BCUT2D eigenvalue weighted by Gasteiger charge is -2.24. The largest absolute Gasteiger partial charge is 0.388 e. The number of hydrogen-bond acceptors (Lipinski definition) is 1. The van der Waals surface area contributed by atoms with Gasteiger partial charge in [0.05, 0.1) is 6.10 Å². The van der Waals surface area contributed by atoms with E-state index in [0.717, 1.165) is 24.8 Å². The Balaban J connectivity index is 1.86. The van der Waals surface area contributed by atoms with Crippen molar-refractivity contribution in [2.75, 3.05) is 0 Å². The minimum Gasteiger partial charge on any atom is -0.388 e. The Kier molecular flexibility index (Phi) is 2.92. The molecule has 104 valence electrons. The average Bonchev–Trinajstić information content (AvgIpc) is 2.92. The summed E-state index contributed by atoms with van der Waals surface area (Å²) in [4.78, 5) is 0. The molecule has 2 aromatic rings. The maximum Gasteiger partial charge on any atom is 0.0807 e. The van der Waals surface area contributed by atoms with Gasteiger partial charge in [-0.2, -0.15) is 0 Å². The third-order valence-electron chi connectivity index (χ3n) is 4.91. The molecule has 0 spiro atoms. The average molecular weight is 267 g/mol. The predicted octanol–water partition coefficient (Wildman–Crippen LogP) is 3.73. The summed E-state index contributed by atoms with van der Waals surface area (Å²) >= 11 is 0. The van der Waals surface area contributed by atoms with Gasteiger partial charge in [-0.05, 0) is 68.2 Å². The van der Waals surface area contributed by atoms with Gasteiger partial charge < -0.3 is 9.67 Å². The predicted molar refractivity (Wildman–Crippen MR) is 80.3 cm³/mol. The molecule has 0 aliphatic heterocycles. The smallest absolute Gasteiger partial charge is 0.0807 e. The van der Waals surface area contributed by atoms with Crippen molar-refractivity contribution >= 4 is 0 Å². The Labute approximate surface area is 120 Å². The Morgan fingerprint density at radius 2 is 1.90 bits per heavy atom. The van der Waals surface area contributed by atoms with Crippen molar-refractivity contribution in [1.29, 1.82) is 0 Å². The molecule has 2 aliphatic carbocycles. The molecule has 2 heteroatoms. The number of nitrogens with zero attached hydrogens (tertiary/aromatic N) is 1. The molecule has 0 saturated heterocycles. The highest BCUT2D eigenvalue weighted by Crippen LogP contribution is 2.34. The second kappa shape index (κ2) is 4.78. The summed E-state index contributed by atoms with van der Waals surface area (Å²) in [7, 11) is 0. The van der Waals surface area contributed by atoms with Crippen LogP contribution in [0.15, 0.2) is 30.5 Å². The van der Waals surface area contributed by atoms with Crippen LogP contribution in [-0.2, 0) is 19.3 Å². The van der Waals surface area contributed by atoms with Crippen LogP contribution in [0.3, 0.4) is 0 Å². The van der Waals surface area contributed by atoms with Gasteiger partial charge in [-0.3, -0.25) is 0 Å². The van der Waals surface area contributed by atoms with E-state index >= 15 is 0 Å². The lowest BCUT2D eigenvalue weighted by Crippen LogP contribution is -2.13. The monoisotopic (exact) mass is 267 g/mol. The molecule has 0 saturated carbocycles. The fraction of sp³-hybridized carbons (Fsp3) is 0.444. The summed E-state index contributed by atoms with van der Waals surface area (Å²) in [5.41, 5.74) is 6.86. The van der Waals surface area contributed by atoms with Crippen LogP contribution in [0.4, 0.5) is 0 Å². The quantitative estimate of drug-likeness (QED) is 0.837. The van der Waals surface area contributed by atoms with Crippen LogP contribution < -0.4 is 0 Å². The number of aromatic nitrogens is 1. The number of fused-ring (bicyclic) bond motifs is 2. The van der Waals surface area contributed by atoms with Crippen molar-refractivity contribution in [2.24, 2.45) is 0 Å². The summed E-state index contributed by atoms with van der Waals surface area (Å²) in [6, 6.07) is 8.82. The lowest BCUT2D eigenvalue weighted by molar-refractivity contribution is 0.156. The third kappa shape index (κ3) is 1.82. The molecule has 0 amide bonds. The van der Waals surface area contributed by atoms with E-state index in [4.69, 9.17) is 0 Å². The zero-order chi connectivity index (χ0) is 13.5. The zero-order valence-electron chi connectivity index (χ0n) is 11.8. The van der Waals surface area contributed by atoms with Gasteiger partial charge in [-0.1, -0.05) is 12.1 Å². The van der Waals surface area contributed by atoms with Crippen LogP contribution >= 0.6 is 0 Å². The highest BCUT2D eigenvalue weighted by Gasteiger charge is 2.23. The van der Waals surface area contributed by atoms with E-state index in [0.29, 0.717) is 0 Å². The van der Waals surface area contributed by atoms with Crippen LogP contribution in [0.25, 0.3) is 5.69 Å². The van der Waals surface area contributed by atoms with E-state index in [2.05, 4.69) is 35.0 Å². The van der Waals surface area contributed by atoms with E-state index in [1.807, 2.05) is 0 Å². The molecular formula is C18H21NO. The van der Waals surface area contributed by atoms with Crippen molar-refractivity contribution in [3.63, 3.8) is 0 Å². The lowest BCUT2D eigenvalue weighted by atomic mass is 9.90. The molecular weight excluding hydrogens is 246 g/mol. The molecule has 1 aromatic carbocycles. The van der Waals surface area contributed by atoms with Crippen LogP contribution in [-0.4, -0.2) is 9.67 Å². The molecule has 1 aromatic heterocycles. The number of aliphatic hydroxyl groups excluding tert-OH is 1. The van der Waals surface area contributed by atoms with E-state index in [-0.39, 0.29) is 6.10 Å². The first kappa shape index (κ1) is 12.2. The molecule has 1 unspecified atom stereocenters. The first-order chi connectivity index (χ1) is 9.84. The Bertz CT molecular complexity index is 641. The number of aliphatic hydroxyl groups is 1. The topological polar surface area (TPSA) is 25.2 Å². The number of rotatable bonds is 1. The number of hydrogen-bond donors (Lipinski definition) is 1. The van der Waals surface area contributed by atoms with E-state index < -0.39 is 0 Å². The van der Waals surface area contributed by atoms with Crippen molar-refractivity contribution in [2.45, 2.75) is 51.0 Å². The number of benzene rings is 1. The van der Waals surface area contributed by atoms with Gasteiger partial charge in [0, 0.05) is 23.1 Å². The Morgan fingerprint density at radius 3 is 2.85 bits per heavy atom. The van der Waals surface area contributed by atoms with Gasteiger partial charge >= 0.3 is 0 Å². The molecule has 2 nitrogen and oxygen atoms in total. The van der Waals surface area contributed by atoms with Gasteiger partial charge in [0.25, 0.3) is 0 Å². The molecule has 0 bridgehead atoms. The molecule has 20 heavy (non-hydrogen) atoms. The molecule has 1 heterocycles. The standard InChI is InChI=1S/C18H21NO/c20-18-10-4-9-17-15(18)11-12-19(17)16-8-3-6-13-5-1-2-7-14(13)16/h3,6,8,11-12,18,20H,1-2,4-5,7,9-10H2. The summed E-state index contributed by atoms with van der Waals surface area (Å²) in [6.45, 7) is 0. The van der Waals surface area contributed by atoms with Crippen molar-refractivity contribution in [1.82, 2.24) is 4.57 Å². The van der Waals surface area contributed by atoms with Gasteiger partial charge in [0.15, 0.2) is 0 Å². The molecule has 1 N–H and O–H groups in total. The second-order valence-electron chi connectivity index (χ2n) is 6.12. The maximum atomic E-state index is 10.1. The van der Waals surface area contributed by atoms with E-state index in [1.165, 1.54) is 48.2 Å². The van der Waals surface area contributed by atoms with Gasteiger partial charge in [0.1, 0.15) is 0 Å². The van der Waals surface area contributed by atoms with Crippen molar-refractivity contribution in [3.05, 3.63) is 52.8 Å².